The second kappa shape index (κ2) is 4.62. The van der Waals surface area contributed by atoms with Crippen molar-refractivity contribution in [1.82, 2.24) is 14.5 Å². The molecule has 3 heteroatoms. The van der Waals surface area contributed by atoms with E-state index in [1.54, 1.807) is 0 Å². The van der Waals surface area contributed by atoms with E-state index in [1.165, 1.54) is 57.6 Å². The molecule has 0 spiro atoms. The highest BCUT2D eigenvalue weighted by atomic mass is 15.1. The molecule has 3 nitrogen and oxygen atoms in total. The lowest BCUT2D eigenvalue weighted by Gasteiger charge is -2.28. The van der Waals surface area contributed by atoms with Crippen molar-refractivity contribution >= 4 is 0 Å². The van der Waals surface area contributed by atoms with Crippen molar-refractivity contribution in [2.75, 3.05) is 20.1 Å². The van der Waals surface area contributed by atoms with E-state index >= 15 is 0 Å². The number of rotatable bonds is 4. The zero-order chi connectivity index (χ0) is 12.8. The van der Waals surface area contributed by atoms with E-state index < -0.39 is 0 Å². The van der Waals surface area contributed by atoms with Gasteiger partial charge in [0.25, 0.3) is 0 Å². The van der Waals surface area contributed by atoms with Gasteiger partial charge < -0.3 is 9.47 Å². The van der Waals surface area contributed by atoms with Crippen LogP contribution in [0.5, 0.6) is 0 Å². The van der Waals surface area contributed by atoms with E-state index in [-0.39, 0.29) is 0 Å². The largest absolute Gasteiger partial charge is 0.335 e. The van der Waals surface area contributed by atoms with Gasteiger partial charge in [0.05, 0.1) is 0 Å². The molecule has 2 saturated carbocycles. The third kappa shape index (κ3) is 2.22. The molecular weight excluding hydrogens is 234 g/mol. The molecule has 104 valence electrons. The third-order valence-electron chi connectivity index (χ3n) is 5.71. The molecule has 2 fully saturated rings. The third-order valence-corrected chi connectivity index (χ3v) is 5.71. The summed E-state index contributed by atoms with van der Waals surface area (Å²) in [6.45, 7) is 3.80. The Morgan fingerprint density at radius 3 is 2.95 bits per heavy atom. The van der Waals surface area contributed by atoms with Gasteiger partial charge in [-0.15, -0.1) is 0 Å². The molecule has 0 radical (unpaired) electrons. The fourth-order valence-electron chi connectivity index (χ4n) is 4.70. The second-order valence-electron chi connectivity index (χ2n) is 7.04. The maximum Gasteiger partial charge on any atom is 0.108 e. The van der Waals surface area contributed by atoms with Crippen LogP contribution in [0.2, 0.25) is 0 Å². The quantitative estimate of drug-likeness (QED) is 0.828. The molecule has 3 unspecified atom stereocenters. The molecule has 19 heavy (non-hydrogen) atoms. The summed E-state index contributed by atoms with van der Waals surface area (Å²) >= 11 is 0. The number of hydrogen-bond donors (Lipinski definition) is 0. The number of fused-ring (bicyclic) bond motifs is 2. The van der Waals surface area contributed by atoms with Gasteiger partial charge in [0, 0.05) is 38.4 Å². The Morgan fingerprint density at radius 2 is 2.11 bits per heavy atom. The fraction of sp³-hybridized carbons (Fsp3) is 0.812. The molecule has 2 heterocycles. The first kappa shape index (κ1) is 12.0. The standard InChI is InChI=1S/C16H25N3/c1-18(11-15-13-3-2-4-14(13)15)9-12-5-6-16-17-7-8-19(16)10-12/h7-8,12-15H,2-6,9-11H2,1H3. The summed E-state index contributed by atoms with van der Waals surface area (Å²) in [5.74, 6) is 5.37. The summed E-state index contributed by atoms with van der Waals surface area (Å²) in [5.41, 5.74) is 0. The summed E-state index contributed by atoms with van der Waals surface area (Å²) in [5, 5.41) is 0. The Bertz CT molecular complexity index is 443. The van der Waals surface area contributed by atoms with E-state index in [2.05, 4.69) is 27.7 Å². The van der Waals surface area contributed by atoms with Gasteiger partial charge in [-0.3, -0.25) is 0 Å². The maximum atomic E-state index is 4.42. The van der Waals surface area contributed by atoms with Gasteiger partial charge in [-0.25, -0.2) is 4.98 Å². The number of aromatic nitrogens is 2. The molecule has 3 aliphatic rings. The molecule has 0 bridgehead atoms. The average Bonchev–Trinajstić information content (AvgIpc) is 2.85. The Kier molecular flexibility index (Phi) is 2.91. The fourth-order valence-corrected chi connectivity index (χ4v) is 4.70. The average molecular weight is 259 g/mol. The zero-order valence-corrected chi connectivity index (χ0v) is 12.0. The van der Waals surface area contributed by atoms with E-state index in [0.29, 0.717) is 0 Å². The monoisotopic (exact) mass is 259 g/mol. The van der Waals surface area contributed by atoms with Crippen LogP contribution < -0.4 is 0 Å². The van der Waals surface area contributed by atoms with Gasteiger partial charge in [-0.2, -0.15) is 0 Å². The number of nitrogens with zero attached hydrogens (tertiary/aromatic N) is 3. The van der Waals surface area contributed by atoms with Crippen LogP contribution in [-0.2, 0) is 13.0 Å². The smallest absolute Gasteiger partial charge is 0.108 e. The van der Waals surface area contributed by atoms with Gasteiger partial charge >= 0.3 is 0 Å². The highest BCUT2D eigenvalue weighted by Gasteiger charge is 2.52. The van der Waals surface area contributed by atoms with Crippen LogP contribution >= 0.6 is 0 Å². The predicted molar refractivity (Wildman–Crippen MR) is 75.9 cm³/mol. The topological polar surface area (TPSA) is 21.1 Å². The molecule has 1 aromatic heterocycles. The number of hydrogen-bond acceptors (Lipinski definition) is 2. The highest BCUT2D eigenvalue weighted by Crippen LogP contribution is 2.57. The molecule has 0 amide bonds. The van der Waals surface area contributed by atoms with Crippen molar-refractivity contribution in [3.05, 3.63) is 18.2 Å². The van der Waals surface area contributed by atoms with Crippen molar-refractivity contribution < 1.29 is 0 Å². The first-order valence-corrected chi connectivity index (χ1v) is 8.00. The van der Waals surface area contributed by atoms with Crippen LogP contribution in [0.15, 0.2) is 12.4 Å². The molecule has 2 aliphatic carbocycles. The van der Waals surface area contributed by atoms with Gasteiger partial charge in [0.2, 0.25) is 0 Å². The van der Waals surface area contributed by atoms with Crippen LogP contribution in [-0.4, -0.2) is 34.6 Å². The first-order valence-electron chi connectivity index (χ1n) is 8.00. The molecule has 0 aromatic carbocycles. The lowest BCUT2D eigenvalue weighted by Crippen LogP contribution is -2.33. The SMILES string of the molecule is CN(CC1CCc2nccn2C1)CC1C2CCCC21. The van der Waals surface area contributed by atoms with E-state index in [4.69, 9.17) is 0 Å². The Hall–Kier alpha value is -0.830. The molecule has 1 aliphatic heterocycles. The van der Waals surface area contributed by atoms with E-state index in [0.717, 1.165) is 23.7 Å². The van der Waals surface area contributed by atoms with Crippen molar-refractivity contribution in [3.63, 3.8) is 0 Å². The normalized spacial score (nSPS) is 36.3. The number of aryl methyl sites for hydroxylation is 1. The van der Waals surface area contributed by atoms with Crippen molar-refractivity contribution in [2.45, 2.75) is 38.6 Å². The molecular formula is C16H25N3. The Balaban J connectivity index is 1.28. The van der Waals surface area contributed by atoms with E-state index in [1.807, 2.05) is 6.20 Å². The van der Waals surface area contributed by atoms with Crippen LogP contribution in [0.25, 0.3) is 0 Å². The van der Waals surface area contributed by atoms with Gasteiger partial charge in [0.15, 0.2) is 0 Å². The zero-order valence-electron chi connectivity index (χ0n) is 12.0. The summed E-state index contributed by atoms with van der Waals surface area (Å²) < 4.78 is 2.36. The molecule has 0 saturated heterocycles. The highest BCUT2D eigenvalue weighted by molar-refractivity contribution is 5.02. The van der Waals surface area contributed by atoms with Crippen LogP contribution in [0.3, 0.4) is 0 Å². The minimum absolute atomic E-state index is 0.824. The molecule has 0 N–H and O–H groups in total. The Morgan fingerprint density at radius 1 is 1.26 bits per heavy atom. The summed E-state index contributed by atoms with van der Waals surface area (Å²) in [4.78, 5) is 7.02. The van der Waals surface area contributed by atoms with Crippen molar-refractivity contribution in [1.29, 1.82) is 0 Å². The number of imidazole rings is 1. The van der Waals surface area contributed by atoms with Crippen LogP contribution in [0, 0.1) is 23.7 Å². The van der Waals surface area contributed by atoms with Crippen LogP contribution in [0.1, 0.15) is 31.5 Å². The van der Waals surface area contributed by atoms with Crippen molar-refractivity contribution in [2.24, 2.45) is 23.7 Å². The maximum absolute atomic E-state index is 4.42. The van der Waals surface area contributed by atoms with Crippen LogP contribution in [0.4, 0.5) is 0 Å². The molecule has 4 rings (SSSR count). The van der Waals surface area contributed by atoms with Gasteiger partial charge in [-0.05, 0) is 50.0 Å². The first-order chi connectivity index (χ1) is 9.31. The van der Waals surface area contributed by atoms with Gasteiger partial charge in [0.1, 0.15) is 5.82 Å². The van der Waals surface area contributed by atoms with Crippen molar-refractivity contribution in [3.8, 4) is 0 Å². The second-order valence-corrected chi connectivity index (χ2v) is 7.04. The summed E-state index contributed by atoms with van der Waals surface area (Å²) in [7, 11) is 2.33. The minimum Gasteiger partial charge on any atom is -0.335 e. The van der Waals surface area contributed by atoms with E-state index in [9.17, 15) is 0 Å². The van der Waals surface area contributed by atoms with Gasteiger partial charge in [-0.1, -0.05) is 6.42 Å². The summed E-state index contributed by atoms with van der Waals surface area (Å²) in [6, 6.07) is 0. The Labute approximate surface area is 116 Å². The minimum atomic E-state index is 0.824. The molecule has 3 atom stereocenters. The summed E-state index contributed by atoms with van der Waals surface area (Å²) in [6.07, 6.45) is 11.1. The predicted octanol–water partition coefficient (Wildman–Crippen LogP) is 2.42. The molecule has 1 aromatic rings. The lowest BCUT2D eigenvalue weighted by atomic mass is 9.98. The lowest BCUT2D eigenvalue weighted by molar-refractivity contribution is 0.221.